The summed E-state index contributed by atoms with van der Waals surface area (Å²) in [5.41, 5.74) is -3.05. The minimum atomic E-state index is -4.91. The highest BCUT2D eigenvalue weighted by Crippen LogP contribution is 2.55. The van der Waals surface area contributed by atoms with Gasteiger partial charge in [-0.3, -0.25) is 4.79 Å². The predicted molar refractivity (Wildman–Crippen MR) is 115 cm³/mol. The first-order valence-electron chi connectivity index (χ1n) is 10.4. The van der Waals surface area contributed by atoms with Gasteiger partial charge in [-0.25, -0.2) is 17.8 Å². The second kappa shape index (κ2) is 9.34. The SMILES string of the molecule is CCS(=O)(=O)c1cc(NC(=O)[C@H]2O[C@](C)(C(F)(F)F)[C@H](C)[C@@H]2c2ccc(F)c(F)c2OC)ccn1. The average molecular weight is 522 g/mol. The molecule has 13 heteroatoms. The molecule has 0 aliphatic carbocycles. The maximum absolute atomic E-state index is 14.4. The van der Waals surface area contributed by atoms with Crippen molar-refractivity contribution in [1.82, 2.24) is 4.98 Å². The van der Waals surface area contributed by atoms with E-state index in [0.717, 1.165) is 38.4 Å². The molecule has 35 heavy (non-hydrogen) atoms. The van der Waals surface area contributed by atoms with E-state index >= 15 is 0 Å². The van der Waals surface area contributed by atoms with Gasteiger partial charge in [0, 0.05) is 29.3 Å². The van der Waals surface area contributed by atoms with E-state index in [-0.39, 0.29) is 22.0 Å². The second-order valence-corrected chi connectivity index (χ2v) is 10.4. The van der Waals surface area contributed by atoms with Gasteiger partial charge in [-0.2, -0.15) is 17.6 Å². The molecule has 1 N–H and O–H groups in total. The molecule has 3 rings (SSSR count). The van der Waals surface area contributed by atoms with E-state index in [1.807, 2.05) is 0 Å². The number of amides is 1. The zero-order chi connectivity index (χ0) is 26.3. The van der Waals surface area contributed by atoms with Gasteiger partial charge in [-0.05, 0) is 25.1 Å². The number of rotatable bonds is 6. The molecule has 0 spiro atoms. The Kier molecular flexibility index (Phi) is 7.15. The smallest absolute Gasteiger partial charge is 0.417 e. The lowest BCUT2D eigenvalue weighted by Crippen LogP contribution is -2.47. The van der Waals surface area contributed by atoms with E-state index < -0.39 is 62.8 Å². The van der Waals surface area contributed by atoms with E-state index in [1.54, 1.807) is 0 Å². The predicted octanol–water partition coefficient (Wildman–Crippen LogP) is 4.24. The first-order chi connectivity index (χ1) is 16.2. The molecule has 4 atom stereocenters. The normalized spacial score (nSPS) is 24.9. The van der Waals surface area contributed by atoms with Crippen molar-refractivity contribution < 1.29 is 44.6 Å². The molecule has 1 amide bonds. The molecule has 2 heterocycles. The summed E-state index contributed by atoms with van der Waals surface area (Å²) in [4.78, 5) is 16.9. The molecule has 1 saturated heterocycles. The van der Waals surface area contributed by atoms with E-state index in [0.29, 0.717) is 0 Å². The van der Waals surface area contributed by atoms with Gasteiger partial charge >= 0.3 is 6.18 Å². The number of methoxy groups -OCH3 is 1. The van der Waals surface area contributed by atoms with Crippen LogP contribution in [0.4, 0.5) is 27.6 Å². The molecule has 0 saturated carbocycles. The Labute approximate surface area is 198 Å². The number of hydrogen-bond donors (Lipinski definition) is 1. The molecular weight excluding hydrogens is 499 g/mol. The molecule has 1 fully saturated rings. The summed E-state index contributed by atoms with van der Waals surface area (Å²) in [6.07, 6.45) is -5.61. The van der Waals surface area contributed by atoms with Gasteiger partial charge in [0.25, 0.3) is 5.91 Å². The average Bonchev–Trinajstić information content (AvgIpc) is 3.07. The quantitative estimate of drug-likeness (QED) is 0.571. The van der Waals surface area contributed by atoms with Crippen LogP contribution >= 0.6 is 0 Å². The molecule has 7 nitrogen and oxygen atoms in total. The van der Waals surface area contributed by atoms with Gasteiger partial charge in [0.05, 0.1) is 12.9 Å². The fraction of sp³-hybridized carbons (Fsp3) is 0.455. The van der Waals surface area contributed by atoms with Crippen molar-refractivity contribution in [3.05, 3.63) is 47.7 Å². The Morgan fingerprint density at radius 3 is 2.49 bits per heavy atom. The maximum Gasteiger partial charge on any atom is 0.417 e. The van der Waals surface area contributed by atoms with Crippen LogP contribution in [0.3, 0.4) is 0 Å². The van der Waals surface area contributed by atoms with Gasteiger partial charge in [0.1, 0.15) is 6.10 Å². The summed E-state index contributed by atoms with van der Waals surface area (Å²) in [6.45, 7) is 3.35. The van der Waals surface area contributed by atoms with E-state index in [4.69, 9.17) is 9.47 Å². The molecular formula is C22H23F5N2O5S. The van der Waals surface area contributed by atoms with E-state index in [1.165, 1.54) is 19.9 Å². The van der Waals surface area contributed by atoms with Crippen molar-refractivity contribution in [2.45, 2.75) is 49.6 Å². The molecule has 1 aliphatic heterocycles. The minimum absolute atomic E-state index is 0.0510. The summed E-state index contributed by atoms with van der Waals surface area (Å²) >= 11 is 0. The number of alkyl halides is 3. The number of carbonyl (C=O) groups excluding carboxylic acids is 1. The van der Waals surface area contributed by atoms with Crippen LogP contribution in [0.15, 0.2) is 35.5 Å². The Balaban J connectivity index is 2.07. The van der Waals surface area contributed by atoms with Crippen molar-refractivity contribution in [1.29, 1.82) is 0 Å². The molecule has 1 aliphatic rings. The molecule has 2 aromatic rings. The molecule has 0 unspecified atom stereocenters. The van der Waals surface area contributed by atoms with Crippen molar-refractivity contribution in [2.24, 2.45) is 5.92 Å². The van der Waals surface area contributed by atoms with Crippen LogP contribution in [-0.4, -0.2) is 50.1 Å². The minimum Gasteiger partial charge on any atom is -0.493 e. The Morgan fingerprint density at radius 1 is 1.26 bits per heavy atom. The fourth-order valence-corrected chi connectivity index (χ4v) is 4.88. The number of benzene rings is 1. The van der Waals surface area contributed by atoms with Crippen molar-refractivity contribution in [3.63, 3.8) is 0 Å². The lowest BCUT2D eigenvalue weighted by molar-refractivity contribution is -0.272. The molecule has 1 aromatic carbocycles. The van der Waals surface area contributed by atoms with Gasteiger partial charge in [-0.15, -0.1) is 0 Å². The van der Waals surface area contributed by atoms with E-state index in [2.05, 4.69) is 10.3 Å². The number of carbonyl (C=O) groups is 1. The van der Waals surface area contributed by atoms with Crippen LogP contribution in [-0.2, 0) is 19.4 Å². The zero-order valence-corrected chi connectivity index (χ0v) is 19.9. The Morgan fingerprint density at radius 2 is 1.91 bits per heavy atom. The highest BCUT2D eigenvalue weighted by atomic mass is 32.2. The van der Waals surface area contributed by atoms with Crippen LogP contribution in [0.2, 0.25) is 0 Å². The summed E-state index contributed by atoms with van der Waals surface area (Å²) in [7, 11) is -2.71. The number of anilines is 1. The Hall–Kier alpha value is -2.80. The number of pyridine rings is 1. The summed E-state index contributed by atoms with van der Waals surface area (Å²) in [5, 5.41) is 2.01. The van der Waals surface area contributed by atoms with Crippen molar-refractivity contribution >= 4 is 21.4 Å². The van der Waals surface area contributed by atoms with Crippen LogP contribution < -0.4 is 10.1 Å². The topological polar surface area (TPSA) is 94.6 Å². The number of sulfone groups is 1. The van der Waals surface area contributed by atoms with Gasteiger partial charge in [0.15, 0.2) is 32.0 Å². The first kappa shape index (κ1) is 26.8. The summed E-state index contributed by atoms with van der Waals surface area (Å²) < 4.78 is 105. The number of nitrogens with one attached hydrogen (secondary N) is 1. The molecule has 0 bridgehead atoms. The third-order valence-corrected chi connectivity index (χ3v) is 7.89. The fourth-order valence-electron chi connectivity index (χ4n) is 4.06. The van der Waals surface area contributed by atoms with Gasteiger partial charge in [0.2, 0.25) is 5.82 Å². The molecule has 0 radical (unpaired) electrons. The van der Waals surface area contributed by atoms with Gasteiger partial charge in [-0.1, -0.05) is 19.9 Å². The standard InChI is InChI=1S/C22H23F5N2O5S/c1-5-35(31,32)15-10-12(8-9-28-15)29-20(30)19-16(11(2)21(3,34-19)22(25,26)27)13-6-7-14(23)17(24)18(13)33-4/h6-11,16,19H,5H2,1-4H3,(H,28,29,30)/t11-,16-,19+,21+/m1/s1. The number of ether oxygens (including phenoxy) is 2. The number of halogens is 5. The lowest BCUT2D eigenvalue weighted by Gasteiger charge is -2.32. The first-order valence-corrected chi connectivity index (χ1v) is 12.1. The van der Waals surface area contributed by atoms with Crippen LogP contribution in [0, 0.1) is 17.6 Å². The maximum atomic E-state index is 14.4. The third-order valence-electron chi connectivity index (χ3n) is 6.27. The third kappa shape index (κ3) is 4.70. The summed E-state index contributed by atoms with van der Waals surface area (Å²) in [5.74, 6) is -7.47. The monoisotopic (exact) mass is 522 g/mol. The molecule has 192 valence electrons. The number of hydrogen-bond acceptors (Lipinski definition) is 6. The van der Waals surface area contributed by atoms with Crippen molar-refractivity contribution in [2.75, 3.05) is 18.2 Å². The second-order valence-electron chi connectivity index (χ2n) is 8.22. The van der Waals surface area contributed by atoms with Crippen LogP contribution in [0.25, 0.3) is 0 Å². The molecule has 1 aromatic heterocycles. The Bertz CT molecular complexity index is 1240. The highest BCUT2D eigenvalue weighted by molar-refractivity contribution is 7.91. The van der Waals surface area contributed by atoms with Crippen LogP contribution in [0.5, 0.6) is 5.75 Å². The number of aromatic nitrogens is 1. The lowest BCUT2D eigenvalue weighted by atomic mass is 9.77. The summed E-state index contributed by atoms with van der Waals surface area (Å²) in [6, 6.07) is 4.08. The highest BCUT2D eigenvalue weighted by Gasteiger charge is 2.65. The number of nitrogens with zero attached hydrogens (tertiary/aromatic N) is 1. The zero-order valence-electron chi connectivity index (χ0n) is 19.1. The van der Waals surface area contributed by atoms with Crippen molar-refractivity contribution in [3.8, 4) is 5.75 Å². The van der Waals surface area contributed by atoms with Crippen LogP contribution in [0.1, 0.15) is 32.3 Å². The van der Waals surface area contributed by atoms with E-state index in [9.17, 15) is 35.2 Å². The van der Waals surface area contributed by atoms with Gasteiger partial charge < -0.3 is 14.8 Å². The largest absolute Gasteiger partial charge is 0.493 e.